The molecule has 2 N–H and O–H groups in total. The fourth-order valence-corrected chi connectivity index (χ4v) is 3.87. The smallest absolute Gasteiger partial charge is 0.338 e. The van der Waals surface area contributed by atoms with Gasteiger partial charge >= 0.3 is 12.0 Å². The van der Waals surface area contributed by atoms with Gasteiger partial charge < -0.3 is 10.0 Å². The molecule has 116 valence electrons. The molecule has 1 aromatic heterocycles. The molecular formula is C15H22N2O3S. The summed E-state index contributed by atoms with van der Waals surface area (Å²) in [5.41, 5.74) is 0.932. The van der Waals surface area contributed by atoms with Crippen molar-refractivity contribution in [2.45, 2.75) is 39.5 Å². The van der Waals surface area contributed by atoms with Crippen LogP contribution >= 0.6 is 11.3 Å². The molecule has 1 aliphatic rings. The van der Waals surface area contributed by atoms with Crippen LogP contribution in [-0.2, 0) is 0 Å². The lowest BCUT2D eigenvalue weighted by Gasteiger charge is -2.21. The molecule has 1 aromatic rings. The van der Waals surface area contributed by atoms with Gasteiger partial charge in [-0.2, -0.15) is 0 Å². The number of urea groups is 1. The van der Waals surface area contributed by atoms with E-state index in [2.05, 4.69) is 5.32 Å². The highest BCUT2D eigenvalue weighted by Gasteiger charge is 2.23. The van der Waals surface area contributed by atoms with Crippen LogP contribution < -0.4 is 5.32 Å². The summed E-state index contributed by atoms with van der Waals surface area (Å²) in [5.74, 6) is -0.419. The molecule has 6 heteroatoms. The molecule has 0 aromatic carbocycles. The average molecular weight is 310 g/mol. The van der Waals surface area contributed by atoms with Crippen LogP contribution in [0.15, 0.2) is 0 Å². The summed E-state index contributed by atoms with van der Waals surface area (Å²) in [5, 5.41) is 12.5. The molecule has 21 heavy (non-hydrogen) atoms. The lowest BCUT2D eigenvalue weighted by molar-refractivity contribution is 0.0697. The Morgan fingerprint density at radius 2 is 1.95 bits per heavy atom. The molecule has 0 aliphatic heterocycles. The highest BCUT2D eigenvalue weighted by Crippen LogP contribution is 2.32. The number of aryl methyl sites for hydroxylation is 1. The zero-order valence-corrected chi connectivity index (χ0v) is 13.5. The van der Waals surface area contributed by atoms with Gasteiger partial charge in [-0.25, -0.2) is 9.59 Å². The van der Waals surface area contributed by atoms with Crippen LogP contribution in [0.5, 0.6) is 0 Å². The summed E-state index contributed by atoms with van der Waals surface area (Å²) in [6.07, 6.45) is 4.84. The average Bonchev–Trinajstić information content (AvgIpc) is 2.99. The summed E-state index contributed by atoms with van der Waals surface area (Å²) in [7, 11) is 1.77. The Bertz CT molecular complexity index is 547. The van der Waals surface area contributed by atoms with Gasteiger partial charge in [-0.1, -0.05) is 12.8 Å². The third-order valence-corrected chi connectivity index (χ3v) is 5.30. The number of carboxylic acids is 1. The Kier molecular flexibility index (Phi) is 4.88. The monoisotopic (exact) mass is 310 g/mol. The fourth-order valence-electron chi connectivity index (χ4n) is 2.83. The molecule has 0 radical (unpaired) electrons. The normalized spacial score (nSPS) is 15.2. The highest BCUT2D eigenvalue weighted by molar-refractivity contribution is 7.16. The number of hydrogen-bond donors (Lipinski definition) is 2. The quantitative estimate of drug-likeness (QED) is 0.890. The topological polar surface area (TPSA) is 69.6 Å². The number of rotatable bonds is 4. The van der Waals surface area contributed by atoms with Gasteiger partial charge in [0.2, 0.25) is 0 Å². The van der Waals surface area contributed by atoms with Crippen molar-refractivity contribution in [2.24, 2.45) is 5.92 Å². The Morgan fingerprint density at radius 3 is 2.52 bits per heavy atom. The van der Waals surface area contributed by atoms with Crippen molar-refractivity contribution in [3.63, 3.8) is 0 Å². The third-order valence-electron chi connectivity index (χ3n) is 4.17. The van der Waals surface area contributed by atoms with Gasteiger partial charge in [-0.3, -0.25) is 5.32 Å². The largest absolute Gasteiger partial charge is 0.478 e. The van der Waals surface area contributed by atoms with E-state index in [0.717, 1.165) is 17.0 Å². The molecule has 0 saturated heterocycles. The van der Waals surface area contributed by atoms with Crippen molar-refractivity contribution in [3.8, 4) is 0 Å². The van der Waals surface area contributed by atoms with E-state index in [4.69, 9.17) is 0 Å². The molecule has 5 nitrogen and oxygen atoms in total. The van der Waals surface area contributed by atoms with Gasteiger partial charge in [0.05, 0.1) is 5.56 Å². The molecule has 2 amide bonds. The molecule has 0 atom stereocenters. The van der Waals surface area contributed by atoms with Crippen LogP contribution in [0.1, 0.15) is 46.5 Å². The maximum Gasteiger partial charge on any atom is 0.338 e. The van der Waals surface area contributed by atoms with E-state index in [1.54, 1.807) is 18.9 Å². The number of nitrogens with zero attached hydrogens (tertiary/aromatic N) is 1. The second-order valence-electron chi connectivity index (χ2n) is 5.75. The summed E-state index contributed by atoms with van der Waals surface area (Å²) >= 11 is 1.32. The first-order valence-electron chi connectivity index (χ1n) is 7.25. The maximum absolute atomic E-state index is 12.2. The summed E-state index contributed by atoms with van der Waals surface area (Å²) in [6, 6.07) is -0.231. The van der Waals surface area contributed by atoms with Gasteiger partial charge in [-0.15, -0.1) is 11.3 Å². The van der Waals surface area contributed by atoms with E-state index in [1.807, 2.05) is 6.92 Å². The number of carbonyl (C=O) groups is 2. The summed E-state index contributed by atoms with van der Waals surface area (Å²) < 4.78 is 0. The van der Waals surface area contributed by atoms with Gasteiger partial charge in [0.1, 0.15) is 5.00 Å². The third kappa shape index (κ3) is 3.56. The van der Waals surface area contributed by atoms with E-state index in [1.165, 1.54) is 37.0 Å². The zero-order chi connectivity index (χ0) is 15.6. The van der Waals surface area contributed by atoms with Gasteiger partial charge in [-0.05, 0) is 38.2 Å². The Balaban J connectivity index is 2.05. The van der Waals surface area contributed by atoms with Crippen LogP contribution in [-0.4, -0.2) is 35.6 Å². The predicted octanol–water partition coefficient (Wildman–Crippen LogP) is 3.72. The number of thiophene rings is 1. The standard InChI is InChI=1S/C15H22N2O3S/c1-9-10(2)21-13(12(9)14(18)19)16-15(20)17(3)8-11-6-4-5-7-11/h11H,4-8H2,1-3H3,(H,16,20)(H,18,19). The number of amides is 2. The molecule has 1 heterocycles. The minimum Gasteiger partial charge on any atom is -0.478 e. The van der Waals surface area contributed by atoms with Crippen molar-refractivity contribution in [3.05, 3.63) is 16.0 Å². The summed E-state index contributed by atoms with van der Waals surface area (Å²) in [4.78, 5) is 26.1. The minimum absolute atomic E-state index is 0.208. The van der Waals surface area contributed by atoms with Crippen molar-refractivity contribution in [2.75, 3.05) is 18.9 Å². The maximum atomic E-state index is 12.2. The van der Waals surface area contributed by atoms with Gasteiger partial charge in [0.25, 0.3) is 0 Å². The van der Waals surface area contributed by atoms with Gasteiger partial charge in [0, 0.05) is 18.5 Å². The number of anilines is 1. The first-order valence-corrected chi connectivity index (χ1v) is 8.07. The molecule has 0 unspecified atom stereocenters. The van der Waals surface area contributed by atoms with E-state index in [-0.39, 0.29) is 11.6 Å². The Hall–Kier alpha value is -1.56. The molecule has 2 rings (SSSR count). The van der Waals surface area contributed by atoms with Crippen LogP contribution in [0.4, 0.5) is 9.80 Å². The van der Waals surface area contributed by atoms with Crippen LogP contribution in [0.2, 0.25) is 0 Å². The minimum atomic E-state index is -0.995. The van der Waals surface area contributed by atoms with Gasteiger partial charge in [0.15, 0.2) is 0 Å². The van der Waals surface area contributed by atoms with Crippen LogP contribution in [0.3, 0.4) is 0 Å². The number of carbonyl (C=O) groups excluding carboxylic acids is 1. The van der Waals surface area contributed by atoms with Crippen molar-refractivity contribution >= 4 is 28.3 Å². The first-order chi connectivity index (χ1) is 9.90. The molecule has 1 fully saturated rings. The lowest BCUT2D eigenvalue weighted by atomic mass is 10.1. The SMILES string of the molecule is Cc1sc(NC(=O)N(C)CC2CCCC2)c(C(=O)O)c1C. The van der Waals surface area contributed by atoms with Crippen LogP contribution in [0, 0.1) is 19.8 Å². The van der Waals surface area contributed by atoms with E-state index < -0.39 is 5.97 Å². The first kappa shape index (κ1) is 15.8. The zero-order valence-electron chi connectivity index (χ0n) is 12.7. The Labute approximate surface area is 129 Å². The lowest BCUT2D eigenvalue weighted by Crippen LogP contribution is -2.34. The van der Waals surface area contributed by atoms with Crippen LogP contribution in [0.25, 0.3) is 0 Å². The predicted molar refractivity (Wildman–Crippen MR) is 84.4 cm³/mol. The van der Waals surface area contributed by atoms with Crippen molar-refractivity contribution in [1.29, 1.82) is 0 Å². The number of hydrogen-bond acceptors (Lipinski definition) is 3. The second-order valence-corrected chi connectivity index (χ2v) is 6.98. The molecule has 1 aliphatic carbocycles. The highest BCUT2D eigenvalue weighted by atomic mass is 32.1. The molecule has 1 saturated carbocycles. The number of carboxylic acid groups (broad SMARTS) is 1. The molecule has 0 spiro atoms. The van der Waals surface area contributed by atoms with E-state index >= 15 is 0 Å². The second kappa shape index (κ2) is 6.47. The number of aromatic carboxylic acids is 1. The Morgan fingerprint density at radius 1 is 1.33 bits per heavy atom. The number of nitrogens with one attached hydrogen (secondary N) is 1. The fraction of sp³-hybridized carbons (Fsp3) is 0.600. The summed E-state index contributed by atoms with van der Waals surface area (Å²) in [6.45, 7) is 4.37. The molecular weight excluding hydrogens is 288 g/mol. The van der Waals surface area contributed by atoms with Crippen molar-refractivity contribution in [1.82, 2.24) is 4.90 Å². The van der Waals surface area contributed by atoms with E-state index in [0.29, 0.717) is 10.9 Å². The van der Waals surface area contributed by atoms with Crippen molar-refractivity contribution < 1.29 is 14.7 Å². The van der Waals surface area contributed by atoms with E-state index in [9.17, 15) is 14.7 Å². The molecule has 0 bridgehead atoms.